The first-order valence-corrected chi connectivity index (χ1v) is 5.80. The van der Waals surface area contributed by atoms with Gasteiger partial charge in [-0.25, -0.2) is 4.40 Å². The molecule has 0 amide bonds. The molecule has 1 N–H and O–H groups in total. The molecule has 0 atom stereocenters. The van der Waals surface area contributed by atoms with Crippen LogP contribution >= 0.6 is 11.3 Å². The van der Waals surface area contributed by atoms with E-state index >= 15 is 0 Å². The lowest BCUT2D eigenvalue weighted by molar-refractivity contribution is 0.926. The molecule has 5 heteroatoms. The average molecular weight is 231 g/mol. The van der Waals surface area contributed by atoms with E-state index in [0.717, 1.165) is 11.5 Å². The first-order valence-electron chi connectivity index (χ1n) is 4.92. The largest absolute Gasteiger partial charge is 0.269 e. The van der Waals surface area contributed by atoms with Crippen molar-refractivity contribution in [1.29, 1.82) is 0 Å². The summed E-state index contributed by atoms with van der Waals surface area (Å²) >= 11 is 1.67. The highest BCUT2D eigenvalue weighted by molar-refractivity contribution is 7.09. The van der Waals surface area contributed by atoms with Gasteiger partial charge in [0.15, 0.2) is 0 Å². The van der Waals surface area contributed by atoms with Gasteiger partial charge < -0.3 is 0 Å². The molecule has 0 saturated heterocycles. The fourth-order valence-electron chi connectivity index (χ4n) is 1.70. The third-order valence-electron chi connectivity index (χ3n) is 2.42. The van der Waals surface area contributed by atoms with Gasteiger partial charge in [-0.15, -0.1) is 11.3 Å². The van der Waals surface area contributed by atoms with Gasteiger partial charge in [-0.1, -0.05) is 12.1 Å². The average Bonchev–Trinajstić information content (AvgIpc) is 2.90. The number of H-pyrrole nitrogens is 1. The second kappa shape index (κ2) is 3.61. The van der Waals surface area contributed by atoms with E-state index in [1.54, 1.807) is 27.9 Å². The van der Waals surface area contributed by atoms with Gasteiger partial charge in [-0.2, -0.15) is 5.10 Å². The Bertz CT molecular complexity index is 666. The fraction of sp³-hybridized carbons (Fsp3) is 0.0909. The molecule has 3 aromatic rings. The Balaban J connectivity index is 2.14. The minimum absolute atomic E-state index is 0.0437. The fourth-order valence-corrected chi connectivity index (χ4v) is 2.40. The van der Waals surface area contributed by atoms with Gasteiger partial charge in [0.2, 0.25) is 0 Å². The predicted molar refractivity (Wildman–Crippen MR) is 62.9 cm³/mol. The summed E-state index contributed by atoms with van der Waals surface area (Å²) in [4.78, 5) is 12.9. The van der Waals surface area contributed by atoms with E-state index in [1.807, 2.05) is 23.6 Å². The number of hydrogen-bond acceptors (Lipinski definition) is 3. The summed E-state index contributed by atoms with van der Waals surface area (Å²) in [6.45, 7) is 0. The number of nitrogens with one attached hydrogen (secondary N) is 1. The van der Waals surface area contributed by atoms with E-state index in [0.29, 0.717) is 6.42 Å². The summed E-state index contributed by atoms with van der Waals surface area (Å²) in [6.07, 6.45) is 0.682. The maximum Gasteiger partial charge on any atom is 0.257 e. The molecule has 0 unspecified atom stereocenters. The van der Waals surface area contributed by atoms with Gasteiger partial charge in [-0.05, 0) is 17.5 Å². The zero-order chi connectivity index (χ0) is 11.0. The van der Waals surface area contributed by atoms with Crippen LogP contribution in [0.3, 0.4) is 0 Å². The zero-order valence-electron chi connectivity index (χ0n) is 8.38. The number of nitrogens with zero attached hydrogens (tertiary/aromatic N) is 2. The molecule has 0 bridgehead atoms. The van der Waals surface area contributed by atoms with E-state index in [-0.39, 0.29) is 5.56 Å². The van der Waals surface area contributed by atoms with Crippen LogP contribution in [0.15, 0.2) is 40.5 Å². The summed E-state index contributed by atoms with van der Waals surface area (Å²) in [6, 6.07) is 9.15. The molecule has 3 rings (SSSR count). The molecule has 3 heterocycles. The molecule has 0 fully saturated rings. The minimum Gasteiger partial charge on any atom is -0.269 e. The molecule has 0 aliphatic rings. The van der Waals surface area contributed by atoms with Crippen LogP contribution in [0, 0.1) is 0 Å². The second-order valence-electron chi connectivity index (χ2n) is 3.48. The summed E-state index contributed by atoms with van der Waals surface area (Å²) in [5.74, 6) is 0.753. The Morgan fingerprint density at radius 2 is 2.25 bits per heavy atom. The lowest BCUT2D eigenvalue weighted by Crippen LogP contribution is -2.13. The van der Waals surface area contributed by atoms with Crippen molar-refractivity contribution in [2.45, 2.75) is 6.42 Å². The topological polar surface area (TPSA) is 50.2 Å². The molecule has 0 aromatic carbocycles. The van der Waals surface area contributed by atoms with Crippen molar-refractivity contribution in [2.24, 2.45) is 0 Å². The van der Waals surface area contributed by atoms with E-state index in [2.05, 4.69) is 10.2 Å². The lowest BCUT2D eigenvalue weighted by Gasteiger charge is -1.96. The van der Waals surface area contributed by atoms with Crippen LogP contribution in [-0.2, 0) is 6.42 Å². The van der Waals surface area contributed by atoms with Crippen LogP contribution in [0.2, 0.25) is 0 Å². The highest BCUT2D eigenvalue weighted by Gasteiger charge is 2.07. The maximum atomic E-state index is 11.7. The standard InChI is InChI=1S/C11H9N3OS/c15-11-5-1-4-9-12-13-10(14(9)11)7-8-3-2-6-16-8/h1-6,12H,7H2. The highest BCUT2D eigenvalue weighted by Crippen LogP contribution is 2.13. The SMILES string of the molecule is O=c1cccc2[nH]nc(Cc3cccs3)n12. The van der Waals surface area contributed by atoms with E-state index in [1.165, 1.54) is 4.88 Å². The van der Waals surface area contributed by atoms with Gasteiger partial charge in [0.25, 0.3) is 5.56 Å². The number of thiophene rings is 1. The van der Waals surface area contributed by atoms with E-state index in [4.69, 9.17) is 0 Å². The Hall–Kier alpha value is -1.88. The number of hydrogen-bond donors (Lipinski definition) is 1. The van der Waals surface area contributed by atoms with E-state index < -0.39 is 0 Å². The first-order chi connectivity index (χ1) is 7.84. The second-order valence-corrected chi connectivity index (χ2v) is 4.51. The highest BCUT2D eigenvalue weighted by atomic mass is 32.1. The molecular formula is C11H9N3OS. The number of aromatic nitrogens is 3. The van der Waals surface area contributed by atoms with Crippen LogP contribution in [0.25, 0.3) is 5.65 Å². The van der Waals surface area contributed by atoms with Crippen LogP contribution in [0.5, 0.6) is 0 Å². The van der Waals surface area contributed by atoms with Crippen molar-refractivity contribution in [3.05, 3.63) is 56.8 Å². The molecule has 0 radical (unpaired) electrons. The molecule has 4 nitrogen and oxygen atoms in total. The van der Waals surface area contributed by atoms with Gasteiger partial charge in [-0.3, -0.25) is 9.89 Å². The first kappa shape index (κ1) is 9.35. The summed E-state index contributed by atoms with van der Waals surface area (Å²) in [5, 5.41) is 9.06. The van der Waals surface area contributed by atoms with Gasteiger partial charge in [0, 0.05) is 17.4 Å². The molecule has 3 aromatic heterocycles. The Morgan fingerprint density at radius 3 is 3.06 bits per heavy atom. The smallest absolute Gasteiger partial charge is 0.257 e. The van der Waals surface area contributed by atoms with Crippen LogP contribution in [0.4, 0.5) is 0 Å². The molecule has 0 spiro atoms. The summed E-state index contributed by atoms with van der Waals surface area (Å²) in [5.41, 5.74) is 0.692. The Labute approximate surface area is 95.2 Å². The Morgan fingerprint density at radius 1 is 1.31 bits per heavy atom. The van der Waals surface area contributed by atoms with E-state index in [9.17, 15) is 4.79 Å². The molecule has 0 aliphatic heterocycles. The van der Waals surface area contributed by atoms with Crippen LogP contribution in [0.1, 0.15) is 10.7 Å². The van der Waals surface area contributed by atoms with Crippen LogP contribution < -0.4 is 5.56 Å². The predicted octanol–water partition coefficient (Wildman–Crippen LogP) is 1.67. The van der Waals surface area contributed by atoms with Gasteiger partial charge in [0.1, 0.15) is 11.5 Å². The number of aromatic amines is 1. The van der Waals surface area contributed by atoms with Gasteiger partial charge in [0.05, 0.1) is 0 Å². The number of rotatable bonds is 2. The number of pyridine rings is 1. The summed E-state index contributed by atoms with van der Waals surface area (Å²) < 4.78 is 1.61. The lowest BCUT2D eigenvalue weighted by atomic mass is 10.3. The minimum atomic E-state index is -0.0437. The number of fused-ring (bicyclic) bond motifs is 1. The van der Waals surface area contributed by atoms with Crippen molar-refractivity contribution in [2.75, 3.05) is 0 Å². The third-order valence-corrected chi connectivity index (χ3v) is 3.30. The molecule has 0 aliphatic carbocycles. The van der Waals surface area contributed by atoms with Crippen LogP contribution in [-0.4, -0.2) is 14.6 Å². The molecule has 80 valence electrons. The van der Waals surface area contributed by atoms with Crippen molar-refractivity contribution in [1.82, 2.24) is 14.6 Å². The monoisotopic (exact) mass is 231 g/mol. The van der Waals surface area contributed by atoms with Crippen molar-refractivity contribution >= 4 is 17.0 Å². The summed E-state index contributed by atoms with van der Waals surface area (Å²) in [7, 11) is 0. The molecule has 0 saturated carbocycles. The normalized spacial score (nSPS) is 11.0. The van der Waals surface area contributed by atoms with Crippen molar-refractivity contribution in [3.8, 4) is 0 Å². The Kier molecular flexibility index (Phi) is 2.11. The third kappa shape index (κ3) is 1.45. The van der Waals surface area contributed by atoms with Crippen molar-refractivity contribution in [3.63, 3.8) is 0 Å². The zero-order valence-corrected chi connectivity index (χ0v) is 9.20. The quantitative estimate of drug-likeness (QED) is 0.729. The van der Waals surface area contributed by atoms with Gasteiger partial charge >= 0.3 is 0 Å². The maximum absolute atomic E-state index is 11.7. The molecule has 16 heavy (non-hydrogen) atoms. The molecular weight excluding hydrogens is 222 g/mol. The van der Waals surface area contributed by atoms with Crippen molar-refractivity contribution < 1.29 is 0 Å².